The zero-order chi connectivity index (χ0) is 14.2. The first-order valence-corrected chi connectivity index (χ1v) is 6.96. The van der Waals surface area contributed by atoms with Gasteiger partial charge in [0.1, 0.15) is 5.75 Å². The molecule has 0 aromatic heterocycles. The summed E-state index contributed by atoms with van der Waals surface area (Å²) in [5.74, 6) is 0.898. The quantitative estimate of drug-likeness (QED) is 0.840. The van der Waals surface area contributed by atoms with Crippen LogP contribution in [-0.2, 0) is 6.54 Å². The molecule has 0 atom stereocenters. The van der Waals surface area contributed by atoms with Crippen LogP contribution in [0.4, 0.5) is 5.69 Å². The lowest BCUT2D eigenvalue weighted by Crippen LogP contribution is -2.25. The minimum absolute atomic E-state index is 0.710. The molecule has 3 heteroatoms. The third kappa shape index (κ3) is 4.00. The van der Waals surface area contributed by atoms with Gasteiger partial charge in [0.05, 0.1) is 7.11 Å². The Morgan fingerprint density at radius 1 is 1.05 bits per heavy atom. The number of methoxy groups -OCH3 is 1. The van der Waals surface area contributed by atoms with Crippen LogP contribution in [0.25, 0.3) is 0 Å². The van der Waals surface area contributed by atoms with Crippen LogP contribution in [0.2, 0.25) is 0 Å². The number of nitrogens with two attached hydrogens (primary N) is 1. The number of para-hydroxylation sites is 1. The summed E-state index contributed by atoms with van der Waals surface area (Å²) < 4.78 is 5.28. The van der Waals surface area contributed by atoms with Crippen LogP contribution < -0.4 is 15.4 Å². The van der Waals surface area contributed by atoms with Crippen molar-refractivity contribution in [2.75, 3.05) is 25.1 Å². The lowest BCUT2D eigenvalue weighted by Gasteiger charge is -2.25. The highest BCUT2D eigenvalue weighted by Crippen LogP contribution is 2.19. The average Bonchev–Trinajstić information content (AvgIpc) is 2.52. The molecule has 0 saturated carbocycles. The van der Waals surface area contributed by atoms with Gasteiger partial charge in [-0.3, -0.25) is 0 Å². The molecule has 0 saturated heterocycles. The standard InChI is InChI=1S/C17H22N2O/c1-20-17-10-5-7-15(13-17)14-19(12-6-11-18)16-8-3-2-4-9-16/h2-5,7-10,13H,6,11-12,14,18H2,1H3. The second-order valence-electron chi connectivity index (χ2n) is 4.75. The first-order chi connectivity index (χ1) is 9.83. The van der Waals surface area contributed by atoms with Gasteiger partial charge in [-0.05, 0) is 42.8 Å². The summed E-state index contributed by atoms with van der Waals surface area (Å²) in [6.45, 7) is 2.53. The van der Waals surface area contributed by atoms with Gasteiger partial charge in [-0.1, -0.05) is 30.3 Å². The number of benzene rings is 2. The molecule has 0 amide bonds. The minimum atomic E-state index is 0.710. The maximum atomic E-state index is 5.65. The van der Waals surface area contributed by atoms with Crippen molar-refractivity contribution in [3.63, 3.8) is 0 Å². The van der Waals surface area contributed by atoms with Gasteiger partial charge in [0.15, 0.2) is 0 Å². The van der Waals surface area contributed by atoms with Crippen molar-refractivity contribution in [3.8, 4) is 5.75 Å². The molecule has 0 aliphatic rings. The summed E-state index contributed by atoms with van der Waals surface area (Å²) in [6.07, 6.45) is 0.985. The van der Waals surface area contributed by atoms with Crippen LogP contribution in [0.3, 0.4) is 0 Å². The van der Waals surface area contributed by atoms with E-state index in [9.17, 15) is 0 Å². The van der Waals surface area contributed by atoms with Crippen LogP contribution in [0.1, 0.15) is 12.0 Å². The second-order valence-corrected chi connectivity index (χ2v) is 4.75. The van der Waals surface area contributed by atoms with E-state index in [1.54, 1.807) is 7.11 Å². The average molecular weight is 270 g/mol. The Kier molecular flexibility index (Phi) is 5.44. The molecular formula is C17H22N2O. The van der Waals surface area contributed by atoms with Crippen molar-refractivity contribution >= 4 is 5.69 Å². The van der Waals surface area contributed by atoms with Gasteiger partial charge in [0.25, 0.3) is 0 Å². The monoisotopic (exact) mass is 270 g/mol. The molecule has 2 rings (SSSR count). The normalized spacial score (nSPS) is 10.3. The number of rotatable bonds is 7. The fourth-order valence-electron chi connectivity index (χ4n) is 2.21. The molecule has 0 spiro atoms. The Bertz CT molecular complexity index is 513. The highest BCUT2D eigenvalue weighted by molar-refractivity contribution is 5.47. The number of hydrogen-bond donors (Lipinski definition) is 1. The number of nitrogens with zero attached hydrogens (tertiary/aromatic N) is 1. The van der Waals surface area contributed by atoms with Crippen LogP contribution in [0, 0.1) is 0 Å². The van der Waals surface area contributed by atoms with Crippen molar-refractivity contribution in [1.82, 2.24) is 0 Å². The second kappa shape index (κ2) is 7.56. The molecule has 0 bridgehead atoms. The Morgan fingerprint density at radius 2 is 1.85 bits per heavy atom. The molecule has 0 radical (unpaired) electrons. The van der Waals surface area contributed by atoms with Crippen molar-refractivity contribution in [3.05, 3.63) is 60.2 Å². The van der Waals surface area contributed by atoms with Gasteiger partial charge in [-0.2, -0.15) is 0 Å². The maximum absolute atomic E-state index is 5.65. The summed E-state index contributed by atoms with van der Waals surface area (Å²) in [4.78, 5) is 2.35. The van der Waals surface area contributed by atoms with E-state index in [-0.39, 0.29) is 0 Å². The largest absolute Gasteiger partial charge is 0.497 e. The van der Waals surface area contributed by atoms with Crippen molar-refractivity contribution in [1.29, 1.82) is 0 Å². The van der Waals surface area contributed by atoms with E-state index in [1.165, 1.54) is 11.3 Å². The molecule has 0 heterocycles. The highest BCUT2D eigenvalue weighted by atomic mass is 16.5. The SMILES string of the molecule is COc1cccc(CN(CCCN)c2ccccc2)c1. The van der Waals surface area contributed by atoms with Crippen LogP contribution in [0.5, 0.6) is 5.75 Å². The fraction of sp³-hybridized carbons (Fsp3) is 0.294. The Labute approximate surface area is 121 Å². The lowest BCUT2D eigenvalue weighted by molar-refractivity contribution is 0.414. The van der Waals surface area contributed by atoms with Gasteiger partial charge >= 0.3 is 0 Å². The van der Waals surface area contributed by atoms with Crippen LogP contribution in [0.15, 0.2) is 54.6 Å². The summed E-state index contributed by atoms with van der Waals surface area (Å²) in [5.41, 5.74) is 8.11. The fourth-order valence-corrected chi connectivity index (χ4v) is 2.21. The van der Waals surface area contributed by atoms with Crippen LogP contribution >= 0.6 is 0 Å². The van der Waals surface area contributed by atoms with Crippen LogP contribution in [-0.4, -0.2) is 20.2 Å². The summed E-state index contributed by atoms with van der Waals surface area (Å²) >= 11 is 0. The predicted octanol–water partition coefficient (Wildman–Crippen LogP) is 3.05. The minimum Gasteiger partial charge on any atom is -0.497 e. The molecule has 2 aromatic rings. The molecule has 0 aliphatic heterocycles. The van der Waals surface area contributed by atoms with E-state index >= 15 is 0 Å². The Morgan fingerprint density at radius 3 is 2.55 bits per heavy atom. The summed E-state index contributed by atoms with van der Waals surface area (Å²) in [6, 6.07) is 18.6. The smallest absolute Gasteiger partial charge is 0.119 e. The van der Waals surface area contributed by atoms with Crippen molar-refractivity contribution in [2.24, 2.45) is 5.73 Å². The van der Waals surface area contributed by atoms with Gasteiger partial charge in [0, 0.05) is 18.8 Å². The van der Waals surface area contributed by atoms with Gasteiger partial charge in [-0.15, -0.1) is 0 Å². The Balaban J connectivity index is 2.14. The molecule has 0 unspecified atom stereocenters. The summed E-state index contributed by atoms with van der Waals surface area (Å²) in [7, 11) is 1.70. The molecule has 20 heavy (non-hydrogen) atoms. The Hall–Kier alpha value is -2.00. The van der Waals surface area contributed by atoms with E-state index in [0.717, 1.165) is 25.3 Å². The number of anilines is 1. The van der Waals surface area contributed by atoms with E-state index in [1.807, 2.05) is 18.2 Å². The number of hydrogen-bond acceptors (Lipinski definition) is 3. The zero-order valence-corrected chi connectivity index (χ0v) is 12.0. The third-order valence-corrected chi connectivity index (χ3v) is 3.26. The first-order valence-electron chi connectivity index (χ1n) is 6.96. The molecule has 0 aliphatic carbocycles. The molecule has 106 valence electrons. The number of ether oxygens (including phenoxy) is 1. The van der Waals surface area contributed by atoms with Crippen molar-refractivity contribution in [2.45, 2.75) is 13.0 Å². The molecule has 2 aromatic carbocycles. The maximum Gasteiger partial charge on any atom is 0.119 e. The predicted molar refractivity (Wildman–Crippen MR) is 84.2 cm³/mol. The topological polar surface area (TPSA) is 38.5 Å². The molecule has 2 N–H and O–H groups in total. The third-order valence-electron chi connectivity index (χ3n) is 3.26. The molecule has 0 fully saturated rings. The molecular weight excluding hydrogens is 248 g/mol. The van der Waals surface area contributed by atoms with Gasteiger partial charge in [0.2, 0.25) is 0 Å². The summed E-state index contributed by atoms with van der Waals surface area (Å²) in [5, 5.41) is 0. The highest BCUT2D eigenvalue weighted by Gasteiger charge is 2.07. The first kappa shape index (κ1) is 14.4. The van der Waals surface area contributed by atoms with E-state index < -0.39 is 0 Å². The van der Waals surface area contributed by atoms with Crippen molar-refractivity contribution < 1.29 is 4.74 Å². The molecule has 3 nitrogen and oxygen atoms in total. The van der Waals surface area contributed by atoms with Gasteiger partial charge < -0.3 is 15.4 Å². The van der Waals surface area contributed by atoms with Gasteiger partial charge in [-0.25, -0.2) is 0 Å². The zero-order valence-electron chi connectivity index (χ0n) is 12.0. The van der Waals surface area contributed by atoms with E-state index in [0.29, 0.717) is 6.54 Å². The lowest BCUT2D eigenvalue weighted by atomic mass is 10.1. The van der Waals surface area contributed by atoms with E-state index in [2.05, 4.69) is 41.3 Å². The van der Waals surface area contributed by atoms with E-state index in [4.69, 9.17) is 10.5 Å².